The van der Waals surface area contributed by atoms with Gasteiger partial charge in [0.25, 0.3) is 5.91 Å². The third-order valence-corrected chi connectivity index (χ3v) is 4.76. The lowest BCUT2D eigenvalue weighted by Gasteiger charge is -2.12. The Morgan fingerprint density at radius 1 is 1.32 bits per heavy atom. The maximum Gasteiger partial charge on any atom is 0.274 e. The minimum Gasteiger partial charge on any atom is -0.348 e. The number of nitrogens with one attached hydrogen (secondary N) is 1. The molecule has 6 heteroatoms. The number of nitrogens with zero attached hydrogens (tertiary/aromatic N) is 3. The fourth-order valence-corrected chi connectivity index (χ4v) is 3.07. The van der Waals surface area contributed by atoms with Gasteiger partial charge >= 0.3 is 0 Å². The predicted molar refractivity (Wildman–Crippen MR) is 92.8 cm³/mol. The fourth-order valence-electron chi connectivity index (χ4n) is 3.07. The number of rotatable bonds is 4. The number of imidazole rings is 1. The molecule has 1 aliphatic rings. The van der Waals surface area contributed by atoms with E-state index in [0.717, 1.165) is 16.8 Å². The summed E-state index contributed by atoms with van der Waals surface area (Å²) in [7, 11) is 0. The van der Waals surface area contributed by atoms with E-state index in [0.29, 0.717) is 17.3 Å². The van der Waals surface area contributed by atoms with Gasteiger partial charge in [0.2, 0.25) is 0 Å². The number of fused-ring (bicyclic) bond motifs is 1. The number of carbonyl (C=O) groups excluding carboxylic acids is 1. The molecule has 3 aromatic rings. The molecule has 25 heavy (non-hydrogen) atoms. The summed E-state index contributed by atoms with van der Waals surface area (Å²) in [6.07, 6.45) is 5.80. The summed E-state index contributed by atoms with van der Waals surface area (Å²) >= 11 is 0. The molecule has 1 fully saturated rings. The molecule has 1 amide bonds. The van der Waals surface area contributed by atoms with Gasteiger partial charge in [-0.1, -0.05) is 12.1 Å². The van der Waals surface area contributed by atoms with Gasteiger partial charge in [0.1, 0.15) is 12.1 Å². The Labute approximate surface area is 144 Å². The maximum absolute atomic E-state index is 13.1. The van der Waals surface area contributed by atoms with Gasteiger partial charge in [-0.2, -0.15) is 0 Å². The summed E-state index contributed by atoms with van der Waals surface area (Å²) in [5, 5.41) is 3.01. The summed E-state index contributed by atoms with van der Waals surface area (Å²) in [5.41, 5.74) is 3.38. The Morgan fingerprint density at radius 2 is 2.04 bits per heavy atom. The van der Waals surface area contributed by atoms with Crippen LogP contribution in [0.25, 0.3) is 16.8 Å². The highest BCUT2D eigenvalue weighted by Gasteiger charge is 2.30. The van der Waals surface area contributed by atoms with Crippen molar-refractivity contribution in [2.75, 3.05) is 0 Å². The number of aromatic nitrogens is 3. The standard InChI is InChI=1S/C19H19FN4O/c1-11(13-3-4-13)23-19(25)17-18-22-12(2)16(9-24(18)10-21-17)14-5-7-15(20)8-6-14/h5-11,13H,3-4H2,1-2H3,(H,23,25). The van der Waals surface area contributed by atoms with E-state index in [1.165, 1.54) is 25.0 Å². The average Bonchev–Trinajstić information content (AvgIpc) is 3.36. The van der Waals surface area contributed by atoms with Crippen LogP contribution in [0.4, 0.5) is 4.39 Å². The Kier molecular flexibility index (Phi) is 3.75. The molecular weight excluding hydrogens is 319 g/mol. The number of carbonyl (C=O) groups is 1. The first-order valence-corrected chi connectivity index (χ1v) is 8.44. The molecule has 2 heterocycles. The second-order valence-electron chi connectivity index (χ2n) is 6.67. The fraction of sp³-hybridized carbons (Fsp3) is 0.316. The van der Waals surface area contributed by atoms with Gasteiger partial charge in [0.05, 0.1) is 0 Å². The minimum absolute atomic E-state index is 0.156. The van der Waals surface area contributed by atoms with Crippen LogP contribution in [0.5, 0.6) is 0 Å². The van der Waals surface area contributed by atoms with Crippen LogP contribution in [0.3, 0.4) is 0 Å². The number of benzene rings is 1. The Hall–Kier alpha value is -2.76. The van der Waals surface area contributed by atoms with Crippen molar-refractivity contribution < 1.29 is 9.18 Å². The smallest absolute Gasteiger partial charge is 0.274 e. The van der Waals surface area contributed by atoms with Crippen LogP contribution in [0.15, 0.2) is 36.8 Å². The molecule has 1 atom stereocenters. The van der Waals surface area contributed by atoms with Crippen molar-refractivity contribution in [3.8, 4) is 11.1 Å². The summed E-state index contributed by atoms with van der Waals surface area (Å²) in [5.74, 6) is 0.114. The lowest BCUT2D eigenvalue weighted by atomic mass is 10.1. The maximum atomic E-state index is 13.1. The molecule has 0 saturated heterocycles. The van der Waals surface area contributed by atoms with Gasteiger partial charge in [0.15, 0.2) is 11.3 Å². The van der Waals surface area contributed by atoms with E-state index in [1.807, 2.05) is 20.0 Å². The summed E-state index contributed by atoms with van der Waals surface area (Å²) in [6, 6.07) is 6.43. The van der Waals surface area contributed by atoms with Crippen molar-refractivity contribution in [1.82, 2.24) is 19.7 Å². The van der Waals surface area contributed by atoms with Crippen LogP contribution >= 0.6 is 0 Å². The van der Waals surface area contributed by atoms with E-state index in [4.69, 9.17) is 0 Å². The molecule has 128 valence electrons. The van der Waals surface area contributed by atoms with Crippen LogP contribution in [-0.2, 0) is 0 Å². The third-order valence-electron chi connectivity index (χ3n) is 4.76. The van der Waals surface area contributed by atoms with Crippen molar-refractivity contribution >= 4 is 11.6 Å². The molecule has 1 aromatic carbocycles. The molecule has 1 saturated carbocycles. The normalized spacial score (nSPS) is 15.3. The van der Waals surface area contributed by atoms with Crippen LogP contribution in [0.1, 0.15) is 35.9 Å². The molecule has 5 nitrogen and oxygen atoms in total. The van der Waals surface area contributed by atoms with Gasteiger partial charge in [-0.05, 0) is 50.3 Å². The predicted octanol–water partition coefficient (Wildman–Crippen LogP) is 3.37. The highest BCUT2D eigenvalue weighted by atomic mass is 19.1. The summed E-state index contributed by atoms with van der Waals surface area (Å²) in [6.45, 7) is 3.90. The van der Waals surface area contributed by atoms with E-state index in [9.17, 15) is 9.18 Å². The molecule has 1 aliphatic carbocycles. The van der Waals surface area contributed by atoms with Gasteiger partial charge < -0.3 is 5.32 Å². The zero-order chi connectivity index (χ0) is 17.6. The SMILES string of the molecule is Cc1nc2c(C(=O)NC(C)C3CC3)ncn2cc1-c1ccc(F)cc1. The summed E-state index contributed by atoms with van der Waals surface area (Å²) in [4.78, 5) is 21.3. The summed E-state index contributed by atoms with van der Waals surface area (Å²) < 4.78 is 14.9. The third kappa shape index (κ3) is 2.99. The molecule has 0 aliphatic heterocycles. The second kappa shape index (κ2) is 5.95. The van der Waals surface area contributed by atoms with Gasteiger partial charge in [-0.15, -0.1) is 0 Å². The molecule has 4 rings (SSSR count). The molecule has 2 aromatic heterocycles. The van der Waals surface area contributed by atoms with E-state index in [1.54, 1.807) is 22.9 Å². The topological polar surface area (TPSA) is 59.3 Å². The lowest BCUT2D eigenvalue weighted by Crippen LogP contribution is -2.34. The van der Waals surface area contributed by atoms with Crippen LogP contribution in [0.2, 0.25) is 0 Å². The highest BCUT2D eigenvalue weighted by molar-refractivity contribution is 5.98. The van der Waals surface area contributed by atoms with E-state index >= 15 is 0 Å². The van der Waals surface area contributed by atoms with Gasteiger partial charge in [-0.25, -0.2) is 14.4 Å². The number of amides is 1. The highest BCUT2D eigenvalue weighted by Crippen LogP contribution is 2.32. The molecule has 1 unspecified atom stereocenters. The zero-order valence-electron chi connectivity index (χ0n) is 14.2. The van der Waals surface area contributed by atoms with Crippen LogP contribution in [-0.4, -0.2) is 26.3 Å². The first-order chi connectivity index (χ1) is 12.0. The first kappa shape index (κ1) is 15.7. The number of aryl methyl sites for hydroxylation is 1. The molecule has 0 bridgehead atoms. The van der Waals surface area contributed by atoms with E-state index < -0.39 is 0 Å². The Balaban J connectivity index is 1.68. The van der Waals surface area contributed by atoms with Gasteiger partial charge in [0, 0.05) is 23.5 Å². The van der Waals surface area contributed by atoms with Crippen molar-refractivity contribution in [2.24, 2.45) is 5.92 Å². The zero-order valence-corrected chi connectivity index (χ0v) is 14.2. The Morgan fingerprint density at radius 3 is 2.72 bits per heavy atom. The van der Waals surface area contributed by atoms with E-state index in [2.05, 4.69) is 15.3 Å². The molecular formula is C19H19FN4O. The largest absolute Gasteiger partial charge is 0.348 e. The quantitative estimate of drug-likeness (QED) is 0.793. The molecule has 1 N–H and O–H groups in total. The minimum atomic E-state index is -0.276. The Bertz CT molecular complexity index is 944. The number of hydrogen-bond acceptors (Lipinski definition) is 3. The van der Waals surface area contributed by atoms with Gasteiger partial charge in [-0.3, -0.25) is 9.20 Å². The first-order valence-electron chi connectivity index (χ1n) is 8.44. The average molecular weight is 338 g/mol. The van der Waals surface area contributed by atoms with E-state index in [-0.39, 0.29) is 17.8 Å². The number of hydrogen-bond donors (Lipinski definition) is 1. The van der Waals surface area contributed by atoms with Crippen molar-refractivity contribution in [3.05, 3.63) is 54.0 Å². The second-order valence-corrected chi connectivity index (χ2v) is 6.67. The van der Waals surface area contributed by atoms with Crippen LogP contribution in [0, 0.1) is 18.7 Å². The van der Waals surface area contributed by atoms with Crippen molar-refractivity contribution in [1.29, 1.82) is 0 Å². The lowest BCUT2D eigenvalue weighted by molar-refractivity contribution is 0.0933. The van der Waals surface area contributed by atoms with Crippen molar-refractivity contribution in [3.63, 3.8) is 0 Å². The molecule has 0 radical (unpaired) electrons. The van der Waals surface area contributed by atoms with Crippen molar-refractivity contribution in [2.45, 2.75) is 32.7 Å². The molecule has 0 spiro atoms. The number of halogens is 1. The van der Waals surface area contributed by atoms with Crippen LogP contribution < -0.4 is 5.32 Å². The monoisotopic (exact) mass is 338 g/mol.